The molecule has 1 aromatic rings. The summed E-state index contributed by atoms with van der Waals surface area (Å²) >= 11 is 1.67. The van der Waals surface area contributed by atoms with Gasteiger partial charge in [0, 0.05) is 12.5 Å². The lowest BCUT2D eigenvalue weighted by Crippen LogP contribution is -2.17. The minimum Gasteiger partial charge on any atom is -0.339 e. The molecule has 1 aromatic heterocycles. The van der Waals surface area contributed by atoms with E-state index in [4.69, 9.17) is 10.3 Å². The van der Waals surface area contributed by atoms with E-state index in [0.717, 1.165) is 11.6 Å². The first kappa shape index (κ1) is 9.54. The maximum absolute atomic E-state index is 5.57. The Labute approximate surface area is 75.9 Å². The molecular weight excluding hydrogens is 174 g/mol. The van der Waals surface area contributed by atoms with Crippen LogP contribution in [0.2, 0.25) is 0 Å². The molecule has 0 aliphatic rings. The van der Waals surface area contributed by atoms with Crippen molar-refractivity contribution in [3.8, 4) is 0 Å². The highest BCUT2D eigenvalue weighted by molar-refractivity contribution is 7.97. The van der Waals surface area contributed by atoms with Gasteiger partial charge in [-0.25, -0.2) is 0 Å². The highest BCUT2D eigenvalue weighted by Gasteiger charge is 2.06. The van der Waals surface area contributed by atoms with Crippen LogP contribution in [0.25, 0.3) is 0 Å². The van der Waals surface area contributed by atoms with E-state index in [9.17, 15) is 0 Å². The molecule has 0 bridgehead atoms. The number of thioether (sulfide) groups is 1. The smallest absolute Gasteiger partial charge is 0.228 e. The Kier molecular flexibility index (Phi) is 3.55. The van der Waals surface area contributed by atoms with Gasteiger partial charge in [0.2, 0.25) is 5.89 Å². The van der Waals surface area contributed by atoms with Gasteiger partial charge in [-0.2, -0.15) is 16.7 Å². The second kappa shape index (κ2) is 4.47. The largest absolute Gasteiger partial charge is 0.339 e. The monoisotopic (exact) mass is 187 g/mol. The third kappa shape index (κ3) is 2.83. The van der Waals surface area contributed by atoms with Crippen molar-refractivity contribution in [2.75, 3.05) is 6.26 Å². The number of hydrogen-bond donors (Lipinski definition) is 1. The van der Waals surface area contributed by atoms with Gasteiger partial charge in [-0.15, -0.1) is 0 Å². The average Bonchev–Trinajstić information content (AvgIpc) is 2.36. The highest BCUT2D eigenvalue weighted by atomic mass is 32.2. The first-order chi connectivity index (χ1) is 5.72. The normalized spacial score (nSPS) is 13.2. The molecule has 0 fully saturated rings. The Hall–Kier alpha value is -0.550. The molecule has 4 nitrogen and oxygen atoms in total. The predicted octanol–water partition coefficient (Wildman–Crippen LogP) is 0.822. The molecule has 0 amide bonds. The Balaban J connectivity index is 2.52. The fourth-order valence-corrected chi connectivity index (χ4v) is 1.21. The summed E-state index contributed by atoms with van der Waals surface area (Å²) in [7, 11) is 0. The van der Waals surface area contributed by atoms with E-state index in [1.807, 2.05) is 13.2 Å². The average molecular weight is 187 g/mol. The molecule has 0 aliphatic heterocycles. The fraction of sp³-hybridized carbons (Fsp3) is 0.714. The van der Waals surface area contributed by atoms with E-state index in [0.29, 0.717) is 12.3 Å². The van der Waals surface area contributed by atoms with Crippen molar-refractivity contribution in [1.82, 2.24) is 10.1 Å². The quantitative estimate of drug-likeness (QED) is 0.756. The number of aromatic nitrogens is 2. The summed E-state index contributed by atoms with van der Waals surface area (Å²) in [6.45, 7) is 1.92. The molecule has 2 N–H and O–H groups in total. The second-order valence-corrected chi connectivity index (χ2v) is 3.58. The van der Waals surface area contributed by atoms with E-state index in [1.165, 1.54) is 0 Å². The lowest BCUT2D eigenvalue weighted by atomic mass is 10.2. The van der Waals surface area contributed by atoms with Crippen LogP contribution in [-0.4, -0.2) is 22.4 Å². The first-order valence-electron chi connectivity index (χ1n) is 3.78. The van der Waals surface area contributed by atoms with Crippen molar-refractivity contribution in [1.29, 1.82) is 0 Å². The minimum atomic E-state index is 0.0765. The van der Waals surface area contributed by atoms with Gasteiger partial charge in [-0.1, -0.05) is 5.16 Å². The van der Waals surface area contributed by atoms with Crippen molar-refractivity contribution in [3.05, 3.63) is 11.7 Å². The van der Waals surface area contributed by atoms with Gasteiger partial charge in [0.05, 0.1) is 5.75 Å². The predicted molar refractivity (Wildman–Crippen MR) is 48.9 cm³/mol. The lowest BCUT2D eigenvalue weighted by Gasteiger charge is -1.96. The van der Waals surface area contributed by atoms with Gasteiger partial charge >= 0.3 is 0 Å². The third-order valence-corrected chi connectivity index (χ3v) is 1.83. The van der Waals surface area contributed by atoms with Gasteiger partial charge < -0.3 is 10.3 Å². The maximum atomic E-state index is 5.57. The Morgan fingerprint density at radius 3 is 3.00 bits per heavy atom. The summed E-state index contributed by atoms with van der Waals surface area (Å²) in [5.41, 5.74) is 5.57. The standard InChI is InChI=1S/C7H13N3OS/c1-5(8)3-7-9-6(4-12-2)10-11-7/h5H,3-4,8H2,1-2H3. The van der Waals surface area contributed by atoms with Gasteiger partial charge in [0.15, 0.2) is 5.82 Å². The molecule has 0 saturated carbocycles. The van der Waals surface area contributed by atoms with Crippen LogP contribution in [0, 0.1) is 0 Å². The topological polar surface area (TPSA) is 64.9 Å². The summed E-state index contributed by atoms with van der Waals surface area (Å²) < 4.78 is 4.97. The Bertz CT molecular complexity index is 236. The fourth-order valence-electron chi connectivity index (χ4n) is 0.836. The molecule has 1 atom stereocenters. The molecule has 68 valence electrons. The number of rotatable bonds is 4. The van der Waals surface area contributed by atoms with Crippen molar-refractivity contribution in [3.63, 3.8) is 0 Å². The summed E-state index contributed by atoms with van der Waals surface area (Å²) in [6, 6.07) is 0.0765. The van der Waals surface area contributed by atoms with Crippen molar-refractivity contribution in [2.45, 2.75) is 25.1 Å². The van der Waals surface area contributed by atoms with E-state index in [1.54, 1.807) is 11.8 Å². The van der Waals surface area contributed by atoms with Crippen LogP contribution in [0.4, 0.5) is 0 Å². The third-order valence-electron chi connectivity index (χ3n) is 1.28. The summed E-state index contributed by atoms with van der Waals surface area (Å²) in [5, 5.41) is 3.80. The van der Waals surface area contributed by atoms with Crippen LogP contribution in [0.1, 0.15) is 18.6 Å². The Morgan fingerprint density at radius 1 is 1.67 bits per heavy atom. The number of nitrogens with two attached hydrogens (primary N) is 1. The molecule has 0 saturated heterocycles. The van der Waals surface area contributed by atoms with E-state index >= 15 is 0 Å². The van der Waals surface area contributed by atoms with Crippen LogP contribution < -0.4 is 5.73 Å². The van der Waals surface area contributed by atoms with E-state index in [-0.39, 0.29) is 6.04 Å². The van der Waals surface area contributed by atoms with Crippen LogP contribution in [0.3, 0.4) is 0 Å². The zero-order chi connectivity index (χ0) is 8.97. The molecule has 0 radical (unpaired) electrons. The molecule has 1 rings (SSSR count). The molecule has 0 aromatic carbocycles. The number of nitrogens with zero attached hydrogens (tertiary/aromatic N) is 2. The highest BCUT2D eigenvalue weighted by Crippen LogP contribution is 2.06. The van der Waals surface area contributed by atoms with Crippen molar-refractivity contribution >= 4 is 11.8 Å². The second-order valence-electron chi connectivity index (χ2n) is 2.72. The molecule has 0 aliphatic carbocycles. The molecular formula is C7H13N3OS. The maximum Gasteiger partial charge on any atom is 0.228 e. The van der Waals surface area contributed by atoms with Crippen LogP contribution in [0.15, 0.2) is 4.52 Å². The Morgan fingerprint density at radius 2 is 2.42 bits per heavy atom. The molecule has 12 heavy (non-hydrogen) atoms. The molecule has 1 heterocycles. The summed E-state index contributed by atoms with van der Waals surface area (Å²) in [5.74, 6) is 2.18. The zero-order valence-electron chi connectivity index (χ0n) is 7.28. The van der Waals surface area contributed by atoms with Crippen molar-refractivity contribution < 1.29 is 4.52 Å². The van der Waals surface area contributed by atoms with Crippen LogP contribution in [-0.2, 0) is 12.2 Å². The number of hydrogen-bond acceptors (Lipinski definition) is 5. The van der Waals surface area contributed by atoms with Crippen LogP contribution in [0.5, 0.6) is 0 Å². The summed E-state index contributed by atoms with van der Waals surface area (Å²) in [4.78, 5) is 4.16. The first-order valence-corrected chi connectivity index (χ1v) is 5.17. The minimum absolute atomic E-state index is 0.0765. The van der Waals surface area contributed by atoms with Crippen LogP contribution >= 0.6 is 11.8 Å². The zero-order valence-corrected chi connectivity index (χ0v) is 8.10. The van der Waals surface area contributed by atoms with Gasteiger partial charge in [0.25, 0.3) is 0 Å². The SMILES string of the molecule is CSCc1noc(CC(C)N)n1. The van der Waals surface area contributed by atoms with Gasteiger partial charge in [-0.05, 0) is 13.2 Å². The van der Waals surface area contributed by atoms with E-state index in [2.05, 4.69) is 10.1 Å². The van der Waals surface area contributed by atoms with Gasteiger partial charge in [0.1, 0.15) is 0 Å². The molecule has 0 spiro atoms. The molecule has 5 heteroatoms. The summed E-state index contributed by atoms with van der Waals surface area (Å²) in [6.07, 6.45) is 2.66. The van der Waals surface area contributed by atoms with Crippen molar-refractivity contribution in [2.24, 2.45) is 5.73 Å². The lowest BCUT2D eigenvalue weighted by molar-refractivity contribution is 0.368. The van der Waals surface area contributed by atoms with Gasteiger partial charge in [-0.3, -0.25) is 0 Å². The van der Waals surface area contributed by atoms with E-state index < -0.39 is 0 Å². The molecule has 1 unspecified atom stereocenters.